The molecule has 136 valence electrons. The third-order valence-corrected chi connectivity index (χ3v) is 4.46. The van der Waals surface area contributed by atoms with E-state index in [1.54, 1.807) is 12.1 Å². The Bertz CT molecular complexity index is 664. The predicted octanol–water partition coefficient (Wildman–Crippen LogP) is 4.80. The molecule has 0 saturated carbocycles. The quantitative estimate of drug-likeness (QED) is 0.834. The molecule has 1 saturated heterocycles. The zero-order valence-corrected chi connectivity index (χ0v) is 16.1. The highest BCUT2D eigenvalue weighted by Gasteiger charge is 2.32. The first-order valence-electron chi connectivity index (χ1n) is 8.65. The zero-order valence-electron chi connectivity index (χ0n) is 15.3. The molecule has 6 heteroatoms. The molecular weight excluding hydrogens is 338 g/mol. The van der Waals surface area contributed by atoms with Crippen molar-refractivity contribution in [1.29, 1.82) is 5.26 Å². The Kier molecular flexibility index (Phi) is 6.18. The van der Waals surface area contributed by atoms with E-state index in [0.717, 1.165) is 31.5 Å². The van der Waals surface area contributed by atoms with Crippen LogP contribution in [0.3, 0.4) is 0 Å². The minimum absolute atomic E-state index is 0.153. The smallest absolute Gasteiger partial charge is 0.410 e. The SMILES string of the molecule is CC(CC1CCCN1C(=O)OC(C)(C)C)Nc1ccc(Cl)c(C#N)c1. The van der Waals surface area contributed by atoms with Gasteiger partial charge in [0.15, 0.2) is 0 Å². The molecule has 0 radical (unpaired) electrons. The highest BCUT2D eigenvalue weighted by atomic mass is 35.5. The number of hydrogen-bond donors (Lipinski definition) is 1. The maximum Gasteiger partial charge on any atom is 0.410 e. The van der Waals surface area contributed by atoms with Crippen LogP contribution >= 0.6 is 11.6 Å². The number of carbonyl (C=O) groups excluding carboxylic acids is 1. The van der Waals surface area contributed by atoms with Crippen LogP contribution in [0.5, 0.6) is 0 Å². The summed E-state index contributed by atoms with van der Waals surface area (Å²) in [6.45, 7) is 8.46. The minimum atomic E-state index is -0.481. The van der Waals surface area contributed by atoms with Gasteiger partial charge in [-0.2, -0.15) is 5.26 Å². The number of nitriles is 1. The molecule has 1 aromatic rings. The summed E-state index contributed by atoms with van der Waals surface area (Å²) in [5.74, 6) is 0. The number of amides is 1. The monoisotopic (exact) mass is 363 g/mol. The normalized spacial score (nSPS) is 18.6. The van der Waals surface area contributed by atoms with Gasteiger partial charge < -0.3 is 15.0 Å². The van der Waals surface area contributed by atoms with Crippen molar-refractivity contribution in [1.82, 2.24) is 4.90 Å². The third kappa shape index (κ3) is 5.54. The maximum absolute atomic E-state index is 12.4. The fourth-order valence-corrected chi connectivity index (χ4v) is 3.25. The van der Waals surface area contributed by atoms with Crippen molar-refractivity contribution < 1.29 is 9.53 Å². The lowest BCUT2D eigenvalue weighted by Crippen LogP contribution is -2.41. The Labute approximate surface area is 154 Å². The van der Waals surface area contributed by atoms with Gasteiger partial charge in [0.25, 0.3) is 0 Å². The molecule has 5 nitrogen and oxygen atoms in total. The molecule has 0 bridgehead atoms. The number of nitrogens with zero attached hydrogens (tertiary/aromatic N) is 2. The lowest BCUT2D eigenvalue weighted by Gasteiger charge is -2.30. The molecule has 1 aliphatic heterocycles. The fourth-order valence-electron chi connectivity index (χ4n) is 3.09. The van der Waals surface area contributed by atoms with Crippen molar-refractivity contribution in [2.24, 2.45) is 0 Å². The molecule has 1 aliphatic rings. The van der Waals surface area contributed by atoms with Crippen LogP contribution in [0.25, 0.3) is 0 Å². The molecule has 1 amide bonds. The number of carbonyl (C=O) groups is 1. The Morgan fingerprint density at radius 2 is 2.24 bits per heavy atom. The molecule has 1 heterocycles. The van der Waals surface area contributed by atoms with Gasteiger partial charge in [-0.15, -0.1) is 0 Å². The first-order valence-corrected chi connectivity index (χ1v) is 9.03. The van der Waals surface area contributed by atoms with Crippen molar-refractivity contribution in [3.63, 3.8) is 0 Å². The molecule has 1 fully saturated rings. The molecular formula is C19H26ClN3O2. The van der Waals surface area contributed by atoms with Crippen LogP contribution < -0.4 is 5.32 Å². The van der Waals surface area contributed by atoms with E-state index in [2.05, 4.69) is 18.3 Å². The van der Waals surface area contributed by atoms with Crippen molar-refractivity contribution in [3.05, 3.63) is 28.8 Å². The summed E-state index contributed by atoms with van der Waals surface area (Å²) >= 11 is 5.97. The number of benzene rings is 1. The van der Waals surface area contributed by atoms with Crippen LogP contribution in [-0.2, 0) is 4.74 Å². The second kappa shape index (κ2) is 7.97. The molecule has 0 aromatic heterocycles. The standard InChI is InChI=1S/C19H26ClN3O2/c1-13(22-15-7-8-17(20)14(11-15)12-21)10-16-6-5-9-23(16)18(24)25-19(2,3)4/h7-8,11,13,16,22H,5-6,9-10H2,1-4H3. The van der Waals surface area contributed by atoms with E-state index in [4.69, 9.17) is 21.6 Å². The van der Waals surface area contributed by atoms with Crippen LogP contribution in [0.4, 0.5) is 10.5 Å². The van der Waals surface area contributed by atoms with Gasteiger partial charge in [0.05, 0.1) is 10.6 Å². The van der Waals surface area contributed by atoms with Crippen LogP contribution in [0.2, 0.25) is 5.02 Å². The van der Waals surface area contributed by atoms with E-state index in [1.807, 2.05) is 31.7 Å². The third-order valence-electron chi connectivity index (χ3n) is 4.13. The summed E-state index contributed by atoms with van der Waals surface area (Å²) in [5.41, 5.74) is 0.829. The summed E-state index contributed by atoms with van der Waals surface area (Å²) in [6, 6.07) is 7.73. The lowest BCUT2D eigenvalue weighted by atomic mass is 10.1. The largest absolute Gasteiger partial charge is 0.444 e. The molecule has 25 heavy (non-hydrogen) atoms. The molecule has 2 atom stereocenters. The van der Waals surface area contributed by atoms with Gasteiger partial charge in [0.2, 0.25) is 0 Å². The van der Waals surface area contributed by atoms with Gasteiger partial charge in [0.1, 0.15) is 11.7 Å². The number of nitrogens with one attached hydrogen (secondary N) is 1. The lowest BCUT2D eigenvalue weighted by molar-refractivity contribution is 0.0218. The minimum Gasteiger partial charge on any atom is -0.444 e. The van der Waals surface area contributed by atoms with E-state index >= 15 is 0 Å². The predicted molar refractivity (Wildman–Crippen MR) is 99.8 cm³/mol. The Morgan fingerprint density at radius 1 is 1.52 bits per heavy atom. The van der Waals surface area contributed by atoms with Gasteiger partial charge in [-0.3, -0.25) is 0 Å². The highest BCUT2D eigenvalue weighted by Crippen LogP contribution is 2.26. The molecule has 2 unspecified atom stereocenters. The number of likely N-dealkylation sites (tertiary alicyclic amines) is 1. The number of halogens is 1. The van der Waals surface area contributed by atoms with Gasteiger partial charge in [-0.25, -0.2) is 4.79 Å². The Morgan fingerprint density at radius 3 is 2.88 bits per heavy atom. The number of hydrogen-bond acceptors (Lipinski definition) is 4. The van der Waals surface area contributed by atoms with Crippen LogP contribution in [0.1, 0.15) is 52.5 Å². The average Bonchev–Trinajstić information content (AvgIpc) is 2.95. The summed E-state index contributed by atoms with van der Waals surface area (Å²) in [4.78, 5) is 14.2. The van der Waals surface area contributed by atoms with Gasteiger partial charge in [-0.05, 0) is 65.2 Å². The van der Waals surface area contributed by atoms with Crippen LogP contribution in [-0.4, -0.2) is 35.2 Å². The zero-order chi connectivity index (χ0) is 18.6. The second-order valence-corrected chi connectivity index (χ2v) is 7.96. The number of anilines is 1. The maximum atomic E-state index is 12.4. The summed E-state index contributed by atoms with van der Waals surface area (Å²) in [5, 5.41) is 12.9. The first-order chi connectivity index (χ1) is 11.7. The summed E-state index contributed by atoms with van der Waals surface area (Å²) in [6.07, 6.45) is 2.57. The van der Waals surface area contributed by atoms with Crippen molar-refractivity contribution in [2.45, 2.75) is 64.6 Å². The summed E-state index contributed by atoms with van der Waals surface area (Å²) in [7, 11) is 0. The topological polar surface area (TPSA) is 65.4 Å². The molecule has 1 N–H and O–H groups in total. The molecule has 0 aliphatic carbocycles. The van der Waals surface area contributed by atoms with Crippen molar-refractivity contribution >= 4 is 23.4 Å². The van der Waals surface area contributed by atoms with Crippen molar-refractivity contribution in [3.8, 4) is 6.07 Å². The fraction of sp³-hybridized carbons (Fsp3) is 0.579. The Balaban J connectivity index is 1.96. The molecule has 0 spiro atoms. The van der Waals surface area contributed by atoms with Gasteiger partial charge in [-0.1, -0.05) is 11.6 Å². The van der Waals surface area contributed by atoms with Crippen LogP contribution in [0.15, 0.2) is 18.2 Å². The first kappa shape index (κ1) is 19.4. The molecule has 1 aromatic carbocycles. The van der Waals surface area contributed by atoms with Crippen LogP contribution in [0, 0.1) is 11.3 Å². The second-order valence-electron chi connectivity index (χ2n) is 7.56. The average molecular weight is 364 g/mol. The molecule has 2 rings (SSSR count). The van der Waals surface area contributed by atoms with Crippen molar-refractivity contribution in [2.75, 3.05) is 11.9 Å². The van der Waals surface area contributed by atoms with E-state index in [-0.39, 0.29) is 18.2 Å². The Hall–Kier alpha value is -1.93. The highest BCUT2D eigenvalue weighted by molar-refractivity contribution is 6.31. The number of rotatable bonds is 4. The van der Waals surface area contributed by atoms with E-state index < -0.39 is 5.60 Å². The van der Waals surface area contributed by atoms with Gasteiger partial charge in [0, 0.05) is 24.3 Å². The van der Waals surface area contributed by atoms with Gasteiger partial charge >= 0.3 is 6.09 Å². The van der Waals surface area contributed by atoms with E-state index in [0.29, 0.717) is 10.6 Å². The summed E-state index contributed by atoms with van der Waals surface area (Å²) < 4.78 is 5.51. The van der Waals surface area contributed by atoms with E-state index in [1.165, 1.54) is 0 Å². The van der Waals surface area contributed by atoms with E-state index in [9.17, 15) is 4.79 Å². The number of ether oxygens (including phenoxy) is 1.